The second-order valence-corrected chi connectivity index (χ2v) is 5.53. The van der Waals surface area contributed by atoms with Crippen molar-refractivity contribution in [3.63, 3.8) is 0 Å². The van der Waals surface area contributed by atoms with Crippen molar-refractivity contribution in [3.8, 4) is 0 Å². The van der Waals surface area contributed by atoms with Crippen molar-refractivity contribution in [2.45, 2.75) is 38.6 Å². The lowest BCUT2D eigenvalue weighted by molar-refractivity contribution is 0.111. The molecule has 1 heterocycles. The van der Waals surface area contributed by atoms with Gasteiger partial charge in [-0.2, -0.15) is 0 Å². The molecule has 1 aromatic rings. The highest BCUT2D eigenvalue weighted by molar-refractivity contribution is 5.78. The second-order valence-electron chi connectivity index (χ2n) is 5.53. The number of rotatable bonds is 1. The Labute approximate surface area is 101 Å². The monoisotopic (exact) mass is 235 g/mol. The SMILES string of the molecule is CC1CC(C)(C)N(C)c2cc(F)c(C=O)cc21. The molecule has 0 spiro atoms. The molecule has 0 radical (unpaired) electrons. The van der Waals surface area contributed by atoms with Gasteiger partial charge in [0.25, 0.3) is 0 Å². The van der Waals surface area contributed by atoms with E-state index in [1.165, 1.54) is 6.07 Å². The molecule has 2 nitrogen and oxygen atoms in total. The maximum Gasteiger partial charge on any atom is 0.153 e. The Kier molecular flexibility index (Phi) is 2.72. The quantitative estimate of drug-likeness (QED) is 0.696. The summed E-state index contributed by atoms with van der Waals surface area (Å²) in [4.78, 5) is 12.9. The summed E-state index contributed by atoms with van der Waals surface area (Å²) in [5.41, 5.74) is 2.14. The molecule has 1 aliphatic heterocycles. The molecule has 0 aliphatic carbocycles. The van der Waals surface area contributed by atoms with Crippen LogP contribution in [-0.2, 0) is 0 Å². The number of hydrogen-bond donors (Lipinski definition) is 0. The molecular formula is C14H18FNO. The van der Waals surface area contributed by atoms with Gasteiger partial charge in [-0.25, -0.2) is 4.39 Å². The van der Waals surface area contributed by atoms with Gasteiger partial charge in [-0.3, -0.25) is 4.79 Å². The first-order chi connectivity index (χ1) is 7.86. The van der Waals surface area contributed by atoms with Crippen molar-refractivity contribution in [1.29, 1.82) is 0 Å². The largest absolute Gasteiger partial charge is 0.369 e. The predicted octanol–water partition coefficient (Wildman–Crippen LogP) is 3.36. The van der Waals surface area contributed by atoms with Gasteiger partial charge in [0.2, 0.25) is 0 Å². The minimum absolute atomic E-state index is 0.0154. The number of aldehydes is 1. The molecule has 1 aliphatic rings. The third kappa shape index (κ3) is 1.84. The van der Waals surface area contributed by atoms with Crippen molar-refractivity contribution in [2.24, 2.45) is 0 Å². The summed E-state index contributed by atoms with van der Waals surface area (Å²) in [6.45, 7) is 6.43. The number of carbonyl (C=O) groups is 1. The van der Waals surface area contributed by atoms with Crippen LogP contribution in [0.4, 0.5) is 10.1 Å². The molecule has 0 amide bonds. The standard InChI is InChI=1S/C14H18FNO/c1-9-7-14(2,3)16(4)13-6-12(15)10(8-17)5-11(9)13/h5-6,8-9H,7H2,1-4H3. The number of carbonyl (C=O) groups excluding carboxylic acids is 1. The molecule has 0 saturated carbocycles. The minimum Gasteiger partial charge on any atom is -0.369 e. The average molecular weight is 235 g/mol. The Bertz CT molecular complexity index is 468. The summed E-state index contributed by atoms with van der Waals surface area (Å²) < 4.78 is 13.7. The fraction of sp³-hybridized carbons (Fsp3) is 0.500. The van der Waals surface area contributed by atoms with Crippen molar-refractivity contribution in [3.05, 3.63) is 29.1 Å². The number of halogens is 1. The third-order valence-corrected chi connectivity index (χ3v) is 3.88. The lowest BCUT2D eigenvalue weighted by Gasteiger charge is -2.45. The molecule has 0 saturated heterocycles. The Morgan fingerprint density at radius 2 is 2.12 bits per heavy atom. The van der Waals surface area contributed by atoms with Gasteiger partial charge in [-0.15, -0.1) is 0 Å². The third-order valence-electron chi connectivity index (χ3n) is 3.88. The van der Waals surface area contributed by atoms with E-state index < -0.39 is 5.82 Å². The summed E-state index contributed by atoms with van der Waals surface area (Å²) >= 11 is 0. The van der Waals surface area contributed by atoms with Gasteiger partial charge < -0.3 is 4.90 Å². The topological polar surface area (TPSA) is 20.3 Å². The second kappa shape index (κ2) is 3.83. The Hall–Kier alpha value is -1.38. The highest BCUT2D eigenvalue weighted by Gasteiger charge is 2.34. The van der Waals surface area contributed by atoms with Crippen LogP contribution in [-0.4, -0.2) is 18.9 Å². The lowest BCUT2D eigenvalue weighted by atomic mass is 9.80. The molecule has 0 aromatic heterocycles. The van der Waals surface area contributed by atoms with Crippen LogP contribution in [0.1, 0.15) is 49.0 Å². The van der Waals surface area contributed by atoms with E-state index >= 15 is 0 Å². The summed E-state index contributed by atoms with van der Waals surface area (Å²) in [6, 6.07) is 3.17. The highest BCUT2D eigenvalue weighted by Crippen LogP contribution is 2.42. The van der Waals surface area contributed by atoms with E-state index in [2.05, 4.69) is 25.7 Å². The zero-order valence-corrected chi connectivity index (χ0v) is 10.7. The van der Waals surface area contributed by atoms with E-state index in [0.717, 1.165) is 17.7 Å². The van der Waals surface area contributed by atoms with E-state index in [1.807, 2.05) is 7.05 Å². The molecule has 1 aromatic carbocycles. The van der Waals surface area contributed by atoms with Crippen molar-refractivity contribution in [1.82, 2.24) is 0 Å². The number of benzene rings is 1. The molecule has 92 valence electrons. The molecule has 0 bridgehead atoms. The average Bonchev–Trinajstić information content (AvgIpc) is 2.25. The van der Waals surface area contributed by atoms with E-state index in [1.54, 1.807) is 6.07 Å². The molecule has 1 atom stereocenters. The number of hydrogen-bond acceptors (Lipinski definition) is 2. The Balaban J connectivity index is 2.61. The van der Waals surface area contributed by atoms with Crippen LogP contribution in [0.3, 0.4) is 0 Å². The Morgan fingerprint density at radius 3 is 2.71 bits per heavy atom. The smallest absolute Gasteiger partial charge is 0.153 e. The van der Waals surface area contributed by atoms with Gasteiger partial charge in [-0.05, 0) is 43.9 Å². The first-order valence-electron chi connectivity index (χ1n) is 5.89. The summed E-state index contributed by atoms with van der Waals surface area (Å²) in [5.74, 6) is -0.0917. The molecular weight excluding hydrogens is 217 g/mol. The maximum atomic E-state index is 13.7. The number of anilines is 1. The number of nitrogens with zero attached hydrogens (tertiary/aromatic N) is 1. The van der Waals surface area contributed by atoms with Crippen molar-refractivity contribution < 1.29 is 9.18 Å². The van der Waals surface area contributed by atoms with E-state index in [0.29, 0.717) is 12.2 Å². The van der Waals surface area contributed by atoms with Crippen molar-refractivity contribution >= 4 is 12.0 Å². The molecule has 0 N–H and O–H groups in total. The fourth-order valence-corrected chi connectivity index (χ4v) is 2.69. The summed E-state index contributed by atoms with van der Waals surface area (Å²) in [6.07, 6.45) is 1.59. The zero-order valence-electron chi connectivity index (χ0n) is 10.7. The molecule has 17 heavy (non-hydrogen) atoms. The highest BCUT2D eigenvalue weighted by atomic mass is 19.1. The molecule has 3 heteroatoms. The van der Waals surface area contributed by atoms with Crippen LogP contribution in [0.5, 0.6) is 0 Å². The van der Waals surface area contributed by atoms with Gasteiger partial charge >= 0.3 is 0 Å². The normalized spacial score (nSPS) is 22.2. The Morgan fingerprint density at radius 1 is 1.47 bits per heavy atom. The van der Waals surface area contributed by atoms with Gasteiger partial charge in [0.05, 0.1) is 5.56 Å². The lowest BCUT2D eigenvalue weighted by Crippen LogP contribution is -2.45. The first kappa shape index (κ1) is 12.1. The molecule has 0 fully saturated rings. The maximum absolute atomic E-state index is 13.7. The van der Waals surface area contributed by atoms with Crippen LogP contribution < -0.4 is 4.90 Å². The van der Waals surface area contributed by atoms with Crippen molar-refractivity contribution in [2.75, 3.05) is 11.9 Å². The molecule has 2 rings (SSSR count). The summed E-state index contributed by atoms with van der Waals surface area (Å²) in [7, 11) is 1.98. The van der Waals surface area contributed by atoms with Crippen LogP contribution in [0.25, 0.3) is 0 Å². The zero-order chi connectivity index (χ0) is 12.8. The van der Waals surface area contributed by atoms with E-state index in [-0.39, 0.29) is 11.1 Å². The minimum atomic E-state index is -0.435. The van der Waals surface area contributed by atoms with Crippen LogP contribution in [0.2, 0.25) is 0 Å². The first-order valence-corrected chi connectivity index (χ1v) is 5.89. The predicted molar refractivity (Wildman–Crippen MR) is 67.3 cm³/mol. The summed E-state index contributed by atoms with van der Waals surface area (Å²) in [5, 5.41) is 0. The van der Waals surface area contributed by atoms with E-state index in [9.17, 15) is 9.18 Å². The van der Waals surface area contributed by atoms with E-state index in [4.69, 9.17) is 0 Å². The van der Waals surface area contributed by atoms with Gasteiger partial charge in [0.15, 0.2) is 6.29 Å². The van der Waals surface area contributed by atoms with Crippen LogP contribution in [0, 0.1) is 5.82 Å². The number of fused-ring (bicyclic) bond motifs is 1. The fourth-order valence-electron chi connectivity index (χ4n) is 2.69. The van der Waals surface area contributed by atoms with Gasteiger partial charge in [-0.1, -0.05) is 6.92 Å². The van der Waals surface area contributed by atoms with Gasteiger partial charge in [0.1, 0.15) is 5.82 Å². The van der Waals surface area contributed by atoms with Gasteiger partial charge in [0, 0.05) is 18.3 Å². The van der Waals surface area contributed by atoms with Crippen LogP contribution in [0.15, 0.2) is 12.1 Å². The van der Waals surface area contributed by atoms with Crippen LogP contribution >= 0.6 is 0 Å². The molecule has 1 unspecified atom stereocenters.